The number of carbonyl (C=O) groups excluding carboxylic acids is 6. The maximum atomic E-state index is 13.9. The Morgan fingerprint density at radius 2 is 0.492 bits per heavy atom. The van der Waals surface area contributed by atoms with Gasteiger partial charge in [0.1, 0.15) is 39.6 Å². The van der Waals surface area contributed by atoms with Crippen molar-refractivity contribution < 1.29 is 86.6 Å². The van der Waals surface area contributed by atoms with Crippen molar-refractivity contribution in [2.45, 2.75) is 142 Å². The smallest absolute Gasteiger partial charge is 0.481 e. The summed E-state index contributed by atoms with van der Waals surface area (Å²) in [6, 6.07) is 73.7. The zero-order valence-electron chi connectivity index (χ0n) is 66.1. The van der Waals surface area contributed by atoms with Crippen molar-refractivity contribution in [2.24, 2.45) is 0 Å². The van der Waals surface area contributed by atoms with Gasteiger partial charge in [0.25, 0.3) is 0 Å². The second-order valence-electron chi connectivity index (χ2n) is 29.3. The Morgan fingerprint density at radius 3 is 0.750 bits per heavy atom. The van der Waals surface area contributed by atoms with Crippen LogP contribution >= 0.6 is 0 Å². The van der Waals surface area contributed by atoms with Gasteiger partial charge >= 0.3 is 61.3 Å². The number of rotatable bonds is 35. The van der Waals surface area contributed by atoms with Crippen molar-refractivity contribution in [1.29, 1.82) is 0 Å². The number of carbonyl (C=O) groups is 7. The van der Waals surface area contributed by atoms with E-state index in [1.165, 1.54) is 0 Å². The molecule has 8 bridgehead atoms. The second kappa shape index (κ2) is 40.1. The fraction of sp³-hybridized carbons (Fsp3) is 0.227. The molecule has 0 fully saturated rings. The van der Waals surface area contributed by atoms with Crippen LogP contribution in [0.25, 0.3) is 89.7 Å². The molecule has 0 saturated heterocycles. The molecule has 1 N–H and O–H groups in total. The van der Waals surface area contributed by atoms with Gasteiger partial charge < -0.3 is 63.4 Å². The van der Waals surface area contributed by atoms with Crippen LogP contribution in [0.3, 0.4) is 0 Å². The standard InChI is InChI=1S/C97H85N8O14.Zn/c106-83(107)34-20-19-21-62-35-42-75-76(49-62)91-98-90(75)99-92-77-50-69(36-43-84(108)114-56-63-22-7-1-8-23-63)70(37-44-85(109)115-57-64-24-9-2-10-25-64)51-78(77)94(101-92)103-96-81-54-73(40-47-88(112)118-60-67-30-15-5-16-31-67)74(41-48-89(113)119-61-68-32-17-6-18-33-68)55-82(81)97(105-96)104-95-80-53-72(39-46-87(111)117-59-66-28-13-4-14-29-66)71(52-79(80)93(100-91)102-95)38-45-86(110)116-58-65-26-11-3-12-27-65;/h1-18,22-33,35,42,49-55H,19-21,34,36-41,43-48,56-61H2,(H2-,98,99,100,101,102,103,104,105,106,107);/q-1;+2/p-1. The summed E-state index contributed by atoms with van der Waals surface area (Å²) in [5.41, 5.74) is 12.8. The minimum Gasteiger partial charge on any atom is -0.481 e. The molecular formula is C97H84N8O14Zn. The number of hydrogen-bond acceptors (Lipinski definition) is 19. The summed E-state index contributed by atoms with van der Waals surface area (Å²) in [7, 11) is 0. The van der Waals surface area contributed by atoms with E-state index in [-0.39, 0.29) is 188 Å². The van der Waals surface area contributed by atoms with Crippen molar-refractivity contribution in [3.8, 4) is 45.6 Å². The SMILES string of the molecule is O=C(O)CCCCc1ccc2c3nc4nc(nc5[n-]c(nc6nc(nc([n-]3)c2c1)-c1cc(CCC(=O)OCc2ccccc2)c(CCC(=O)OCc2ccccc2)cc1-6)c1cc(CCC(=O)OCc2ccccc2)c(CCC(=O)OCc2ccccc2)cc51)-c1cc(CCC(=O)OCc2ccccc2)c(CCC(=O)OCc2ccccc2)cc1-4.[Zn+2]. The zero-order chi connectivity index (χ0) is 81.8. The number of aliphatic carboxylic acids is 1. The van der Waals surface area contributed by atoms with Crippen molar-refractivity contribution >= 4 is 85.9 Å². The van der Waals surface area contributed by atoms with Gasteiger partial charge in [-0.2, -0.15) is 0 Å². The molecule has 13 aromatic rings. The number of hydrogen-bond donors (Lipinski definition) is 1. The van der Waals surface area contributed by atoms with Crippen LogP contribution in [0.2, 0.25) is 0 Å². The number of carboxylic acids is 1. The van der Waals surface area contributed by atoms with E-state index in [0.717, 1.165) is 38.9 Å². The molecule has 15 rings (SSSR count). The van der Waals surface area contributed by atoms with Gasteiger partial charge in [-0.1, -0.05) is 200 Å². The molecule has 2 aliphatic heterocycles. The summed E-state index contributed by atoms with van der Waals surface area (Å²) in [5, 5.41) is 11.8. The number of ether oxygens (including phenoxy) is 6. The summed E-state index contributed by atoms with van der Waals surface area (Å²) in [4.78, 5) is 138. The molecule has 22 nitrogen and oxygen atoms in total. The first kappa shape index (κ1) is 83.0. The van der Waals surface area contributed by atoms with Crippen LogP contribution in [0.1, 0.15) is 130 Å². The molecule has 0 aliphatic carbocycles. The van der Waals surface area contributed by atoms with Gasteiger partial charge in [-0.3, -0.25) is 33.6 Å². The van der Waals surface area contributed by atoms with Crippen LogP contribution in [0.15, 0.2) is 237 Å². The van der Waals surface area contributed by atoms with E-state index in [1.807, 2.05) is 237 Å². The third-order valence-corrected chi connectivity index (χ3v) is 20.9. The van der Waals surface area contributed by atoms with E-state index in [0.29, 0.717) is 96.4 Å². The quantitative estimate of drug-likeness (QED) is 0.0167. The summed E-state index contributed by atoms with van der Waals surface area (Å²) in [6.45, 7) is 0.376. The van der Waals surface area contributed by atoms with Crippen molar-refractivity contribution in [1.82, 2.24) is 39.9 Å². The monoisotopic (exact) mass is 1650 g/mol. The molecule has 0 unspecified atom stereocenters. The van der Waals surface area contributed by atoms with E-state index in [1.54, 1.807) is 0 Å². The molecule has 120 heavy (non-hydrogen) atoms. The van der Waals surface area contributed by atoms with Crippen LogP contribution in [0.5, 0.6) is 0 Å². The Morgan fingerprint density at radius 1 is 0.250 bits per heavy atom. The normalized spacial score (nSPS) is 11.3. The van der Waals surface area contributed by atoms with Gasteiger partial charge in [-0.15, -0.1) is 0 Å². The molecule has 2 aliphatic rings. The van der Waals surface area contributed by atoms with E-state index in [4.69, 9.17) is 68.3 Å². The molecule has 0 radical (unpaired) electrons. The maximum Gasteiger partial charge on any atom is 2.00 e. The predicted octanol–water partition coefficient (Wildman–Crippen LogP) is 17.0. The van der Waals surface area contributed by atoms with Gasteiger partial charge in [0, 0.05) is 89.8 Å². The largest absolute Gasteiger partial charge is 2.00 e. The van der Waals surface area contributed by atoms with Crippen molar-refractivity contribution in [3.63, 3.8) is 0 Å². The maximum absolute atomic E-state index is 13.9. The number of aryl methyl sites for hydroxylation is 7. The first-order valence-corrected chi connectivity index (χ1v) is 39.9. The fourth-order valence-corrected chi connectivity index (χ4v) is 14.6. The second-order valence-corrected chi connectivity index (χ2v) is 29.3. The molecule has 0 amide bonds. The van der Waals surface area contributed by atoms with E-state index in [2.05, 4.69) is 0 Å². The molecule has 0 atom stereocenters. The average molecular weight is 1650 g/mol. The first-order valence-electron chi connectivity index (χ1n) is 39.9. The Kier molecular flexibility index (Phi) is 27.7. The third-order valence-electron chi connectivity index (χ3n) is 20.9. The van der Waals surface area contributed by atoms with Gasteiger partial charge in [0.15, 0.2) is 0 Å². The van der Waals surface area contributed by atoms with Gasteiger partial charge in [0.05, 0.1) is 23.3 Å². The predicted molar refractivity (Wildman–Crippen MR) is 447 cm³/mol. The van der Waals surface area contributed by atoms with Crippen molar-refractivity contribution in [2.75, 3.05) is 0 Å². The summed E-state index contributed by atoms with van der Waals surface area (Å²) >= 11 is 0. The number of carboxylic acid groups (broad SMARTS) is 1. The number of esters is 6. The molecular weight excluding hydrogens is 1570 g/mol. The zero-order valence-corrected chi connectivity index (χ0v) is 69.1. The summed E-state index contributed by atoms with van der Waals surface area (Å²) < 4.78 is 35.0. The van der Waals surface area contributed by atoms with Crippen LogP contribution in [0, 0.1) is 0 Å². The average Bonchev–Trinajstić information content (AvgIpc) is 1.59. The molecule has 3 aromatic heterocycles. The van der Waals surface area contributed by atoms with Gasteiger partial charge in [0.2, 0.25) is 0 Å². The van der Waals surface area contributed by atoms with Crippen molar-refractivity contribution in [3.05, 3.63) is 309 Å². The van der Waals surface area contributed by atoms with Crippen LogP contribution < -0.4 is 9.97 Å². The molecule has 598 valence electrons. The third kappa shape index (κ3) is 21.8. The Balaban J connectivity index is 0.0000118. The van der Waals surface area contributed by atoms with Crippen LogP contribution in [0.4, 0.5) is 0 Å². The first-order chi connectivity index (χ1) is 58.2. The minimum absolute atomic E-state index is 0. The van der Waals surface area contributed by atoms with E-state index in [9.17, 15) is 38.7 Å². The Hall–Kier alpha value is -13.5. The Labute approximate surface area is 704 Å². The summed E-state index contributed by atoms with van der Waals surface area (Å²) in [6.07, 6.45) is 2.38. The van der Waals surface area contributed by atoms with E-state index >= 15 is 0 Å². The summed E-state index contributed by atoms with van der Waals surface area (Å²) in [5.74, 6) is -2.87. The van der Waals surface area contributed by atoms with Crippen LogP contribution in [-0.4, -0.2) is 76.8 Å². The minimum atomic E-state index is -0.890. The number of unbranched alkanes of at least 4 members (excludes halogenated alkanes) is 1. The van der Waals surface area contributed by atoms with Crippen LogP contribution in [-0.2, 0) is 166 Å². The number of aromatic nitrogens is 8. The Bertz CT molecular complexity index is 6070. The molecule has 0 saturated carbocycles. The van der Waals surface area contributed by atoms with Gasteiger partial charge in [-0.25, -0.2) is 9.97 Å². The molecule has 10 aromatic carbocycles. The molecule has 0 spiro atoms. The molecule has 5 heterocycles. The number of benzene rings is 10. The number of nitrogens with zero attached hydrogens (tertiary/aromatic N) is 8. The van der Waals surface area contributed by atoms with E-state index < -0.39 is 41.8 Å². The van der Waals surface area contributed by atoms with Gasteiger partial charge in [-0.05, 0) is 188 Å². The fourth-order valence-electron chi connectivity index (χ4n) is 14.6. The number of fused-ring (bicyclic) bond motifs is 20. The molecule has 23 heteroatoms. The topological polar surface area (TPSA) is 301 Å².